The average Bonchev–Trinajstić information content (AvgIpc) is 3.02. The van der Waals surface area contributed by atoms with Crippen molar-refractivity contribution in [1.29, 1.82) is 0 Å². The number of hydrogen-bond donors (Lipinski definition) is 2. The zero-order valence-electron chi connectivity index (χ0n) is 12.7. The molecule has 24 heavy (non-hydrogen) atoms. The van der Waals surface area contributed by atoms with Crippen molar-refractivity contribution in [2.24, 2.45) is 0 Å². The molecule has 2 atom stereocenters. The molecule has 0 radical (unpaired) electrons. The fourth-order valence-electron chi connectivity index (χ4n) is 2.34. The Hall–Kier alpha value is -2.16. The van der Waals surface area contributed by atoms with Crippen LogP contribution in [0.4, 0.5) is 23.2 Å². The molecule has 5 nitrogen and oxygen atoms in total. The van der Waals surface area contributed by atoms with Gasteiger partial charge in [-0.05, 0) is 38.0 Å². The predicted molar refractivity (Wildman–Crippen MR) is 76.6 cm³/mol. The number of amides is 2. The van der Waals surface area contributed by atoms with Crippen LogP contribution < -0.4 is 10.6 Å². The Balaban J connectivity index is 2.02. The van der Waals surface area contributed by atoms with Gasteiger partial charge in [0.1, 0.15) is 5.82 Å². The second-order valence-corrected chi connectivity index (χ2v) is 5.46. The van der Waals surface area contributed by atoms with Crippen LogP contribution in [0, 0.1) is 5.82 Å². The summed E-state index contributed by atoms with van der Waals surface area (Å²) in [5.74, 6) is -3.40. The maximum Gasteiger partial charge on any atom is 0.416 e. The Morgan fingerprint density at radius 2 is 2.00 bits per heavy atom. The molecule has 0 aliphatic carbocycles. The number of ether oxygens (including phenoxy) is 1. The Kier molecular flexibility index (Phi) is 5.43. The van der Waals surface area contributed by atoms with Crippen molar-refractivity contribution in [3.05, 3.63) is 29.6 Å². The normalized spacial score (nSPS) is 19.0. The lowest BCUT2D eigenvalue weighted by Gasteiger charge is -2.19. The van der Waals surface area contributed by atoms with Crippen molar-refractivity contribution >= 4 is 17.5 Å². The third kappa shape index (κ3) is 4.44. The third-order valence-corrected chi connectivity index (χ3v) is 3.63. The molecule has 0 bridgehead atoms. The molecule has 1 saturated heterocycles. The molecule has 132 valence electrons. The number of benzene rings is 1. The van der Waals surface area contributed by atoms with E-state index in [-0.39, 0.29) is 6.10 Å². The largest absolute Gasteiger partial charge is 0.416 e. The van der Waals surface area contributed by atoms with Gasteiger partial charge in [-0.2, -0.15) is 13.2 Å². The summed E-state index contributed by atoms with van der Waals surface area (Å²) < 4.78 is 56.7. The summed E-state index contributed by atoms with van der Waals surface area (Å²) in [6, 6.07) is 1.11. The van der Waals surface area contributed by atoms with Gasteiger partial charge < -0.3 is 15.4 Å². The third-order valence-electron chi connectivity index (χ3n) is 3.63. The first-order chi connectivity index (χ1) is 11.2. The molecular weight excluding hydrogens is 332 g/mol. The molecule has 1 aliphatic heterocycles. The van der Waals surface area contributed by atoms with E-state index in [1.807, 2.05) is 5.32 Å². The van der Waals surface area contributed by atoms with Gasteiger partial charge in [-0.25, -0.2) is 4.39 Å². The van der Waals surface area contributed by atoms with Crippen LogP contribution in [0.1, 0.15) is 25.3 Å². The lowest BCUT2D eigenvalue weighted by atomic mass is 10.1. The number of anilines is 1. The second kappa shape index (κ2) is 7.16. The van der Waals surface area contributed by atoms with Gasteiger partial charge in [0.2, 0.25) is 0 Å². The summed E-state index contributed by atoms with van der Waals surface area (Å²) >= 11 is 0. The molecule has 2 unspecified atom stereocenters. The van der Waals surface area contributed by atoms with Gasteiger partial charge in [0, 0.05) is 6.61 Å². The van der Waals surface area contributed by atoms with Crippen LogP contribution >= 0.6 is 0 Å². The molecule has 2 rings (SSSR count). The molecule has 0 spiro atoms. The monoisotopic (exact) mass is 348 g/mol. The molecule has 1 fully saturated rings. The van der Waals surface area contributed by atoms with Crippen LogP contribution in [-0.2, 0) is 20.5 Å². The molecule has 2 N–H and O–H groups in total. The number of rotatable bonds is 3. The van der Waals surface area contributed by atoms with E-state index in [0.29, 0.717) is 24.8 Å². The summed E-state index contributed by atoms with van der Waals surface area (Å²) in [6.07, 6.45) is -3.35. The number of carbonyl (C=O) groups is 2. The highest BCUT2D eigenvalue weighted by Gasteiger charge is 2.32. The van der Waals surface area contributed by atoms with E-state index in [9.17, 15) is 27.2 Å². The van der Waals surface area contributed by atoms with Crippen molar-refractivity contribution in [3.63, 3.8) is 0 Å². The van der Waals surface area contributed by atoms with Gasteiger partial charge in [-0.15, -0.1) is 0 Å². The van der Waals surface area contributed by atoms with Gasteiger partial charge in [0.05, 0.1) is 23.4 Å². The Morgan fingerprint density at radius 3 is 2.58 bits per heavy atom. The maximum atomic E-state index is 13.6. The molecule has 0 aromatic heterocycles. The van der Waals surface area contributed by atoms with E-state index in [1.54, 1.807) is 6.92 Å². The van der Waals surface area contributed by atoms with Crippen LogP contribution in [-0.4, -0.2) is 30.6 Å². The average molecular weight is 348 g/mol. The zero-order chi connectivity index (χ0) is 17.9. The summed E-state index contributed by atoms with van der Waals surface area (Å²) in [5.41, 5.74) is -1.85. The minimum Gasteiger partial charge on any atom is -0.376 e. The molecular formula is C15H16F4N2O3. The molecule has 9 heteroatoms. The van der Waals surface area contributed by atoms with Gasteiger partial charge in [-0.3, -0.25) is 9.59 Å². The summed E-state index contributed by atoms with van der Waals surface area (Å²) in [6.45, 7) is 2.21. The van der Waals surface area contributed by atoms with E-state index in [4.69, 9.17) is 4.74 Å². The first-order valence-corrected chi connectivity index (χ1v) is 7.28. The first kappa shape index (κ1) is 18.2. The Bertz CT molecular complexity index is 628. The molecule has 2 amide bonds. The fourth-order valence-corrected chi connectivity index (χ4v) is 2.34. The quantitative estimate of drug-likeness (QED) is 0.651. The molecule has 1 aromatic carbocycles. The Labute approximate surface area is 135 Å². The first-order valence-electron chi connectivity index (χ1n) is 7.28. The zero-order valence-corrected chi connectivity index (χ0v) is 12.7. The van der Waals surface area contributed by atoms with Crippen molar-refractivity contribution < 1.29 is 31.9 Å². The lowest BCUT2D eigenvalue weighted by Crippen LogP contribution is -2.45. The van der Waals surface area contributed by atoms with E-state index < -0.39 is 41.1 Å². The van der Waals surface area contributed by atoms with Gasteiger partial charge in [0.15, 0.2) is 0 Å². The molecule has 0 saturated carbocycles. The highest BCUT2D eigenvalue weighted by atomic mass is 19.4. The minimum absolute atomic E-state index is 0.230. The van der Waals surface area contributed by atoms with Gasteiger partial charge in [-0.1, -0.05) is 0 Å². The highest BCUT2D eigenvalue weighted by molar-refractivity contribution is 6.39. The van der Waals surface area contributed by atoms with E-state index in [1.165, 1.54) is 0 Å². The molecule has 1 aromatic rings. The van der Waals surface area contributed by atoms with E-state index in [2.05, 4.69) is 5.32 Å². The highest BCUT2D eigenvalue weighted by Crippen LogP contribution is 2.31. The number of alkyl halides is 3. The van der Waals surface area contributed by atoms with Crippen LogP contribution in [0.3, 0.4) is 0 Å². The van der Waals surface area contributed by atoms with Crippen LogP contribution in [0.15, 0.2) is 18.2 Å². The smallest absolute Gasteiger partial charge is 0.376 e. The lowest BCUT2D eigenvalue weighted by molar-refractivity contribution is -0.137. The minimum atomic E-state index is -4.69. The van der Waals surface area contributed by atoms with Crippen LogP contribution in [0.5, 0.6) is 0 Å². The van der Waals surface area contributed by atoms with Crippen LogP contribution in [0.25, 0.3) is 0 Å². The predicted octanol–water partition coefficient (Wildman–Crippen LogP) is 2.47. The van der Waals surface area contributed by atoms with E-state index >= 15 is 0 Å². The summed E-state index contributed by atoms with van der Waals surface area (Å²) in [7, 11) is 0. The second-order valence-electron chi connectivity index (χ2n) is 5.46. The number of carbonyl (C=O) groups excluding carboxylic acids is 2. The molecule has 1 heterocycles. The van der Waals surface area contributed by atoms with Crippen molar-refractivity contribution in [2.45, 2.75) is 38.1 Å². The van der Waals surface area contributed by atoms with Gasteiger partial charge >= 0.3 is 18.0 Å². The summed E-state index contributed by atoms with van der Waals surface area (Å²) in [4.78, 5) is 23.5. The number of nitrogens with one attached hydrogen (secondary N) is 2. The van der Waals surface area contributed by atoms with Crippen LogP contribution in [0.2, 0.25) is 0 Å². The van der Waals surface area contributed by atoms with Gasteiger partial charge in [0.25, 0.3) is 0 Å². The maximum absolute atomic E-state index is 13.6. The van der Waals surface area contributed by atoms with Crippen molar-refractivity contribution in [1.82, 2.24) is 5.32 Å². The summed E-state index contributed by atoms with van der Waals surface area (Å²) in [5, 5.41) is 4.24. The van der Waals surface area contributed by atoms with Crippen molar-refractivity contribution in [3.8, 4) is 0 Å². The fraction of sp³-hybridized carbons (Fsp3) is 0.467. The van der Waals surface area contributed by atoms with E-state index in [0.717, 1.165) is 12.8 Å². The molecule has 1 aliphatic rings. The van der Waals surface area contributed by atoms with Crippen molar-refractivity contribution in [2.75, 3.05) is 11.9 Å². The Morgan fingerprint density at radius 1 is 1.29 bits per heavy atom. The standard InChI is InChI=1S/C15H16F4N2O3/c1-8(12-3-2-6-24-12)20-13(22)14(23)21-11-7-9(15(17,18)19)4-5-10(11)16/h4-5,7-8,12H,2-3,6H2,1H3,(H,20,22)(H,21,23). The number of halogens is 4. The topological polar surface area (TPSA) is 67.4 Å². The number of hydrogen-bond acceptors (Lipinski definition) is 3. The SMILES string of the molecule is CC(NC(=O)C(=O)Nc1cc(C(F)(F)F)ccc1F)C1CCCO1.